The number of benzene rings is 2. The molecule has 1 unspecified atom stereocenters. The Morgan fingerprint density at radius 3 is 2.36 bits per heavy atom. The summed E-state index contributed by atoms with van der Waals surface area (Å²) in [5.74, 6) is -2.28. The molecule has 0 radical (unpaired) electrons. The summed E-state index contributed by atoms with van der Waals surface area (Å²) in [5.41, 5.74) is 3.17. The molecule has 0 spiro atoms. The third kappa shape index (κ3) is 7.77. The number of aliphatic hydroxyl groups is 1. The van der Waals surface area contributed by atoms with Crippen LogP contribution < -0.4 is 10.6 Å². The van der Waals surface area contributed by atoms with Crippen molar-refractivity contribution < 1.29 is 23.5 Å². The lowest BCUT2D eigenvalue weighted by molar-refractivity contribution is 0.0643. The molecular formula is C33H40F2N4O3. The summed E-state index contributed by atoms with van der Waals surface area (Å²) in [7, 11) is 0. The number of carbonyl (C=O) groups is 2. The number of pyridine rings is 1. The maximum atomic E-state index is 14.0. The smallest absolute Gasteiger partial charge is 0.255 e. The molecular weight excluding hydrogens is 538 g/mol. The maximum absolute atomic E-state index is 14.0. The Morgan fingerprint density at radius 1 is 1.00 bits per heavy atom. The number of amides is 2. The Balaban J connectivity index is 1.53. The number of aliphatic hydroxyl groups excluding tert-OH is 1. The van der Waals surface area contributed by atoms with Gasteiger partial charge in [-0.3, -0.25) is 14.6 Å². The molecule has 0 saturated heterocycles. The largest absolute Gasteiger partial charge is 0.390 e. The second-order valence-electron chi connectivity index (χ2n) is 11.5. The molecule has 0 bridgehead atoms. The Kier molecular flexibility index (Phi) is 10.4. The number of carbonyl (C=O) groups excluding carboxylic acids is 2. The second kappa shape index (κ2) is 14.0. The minimum absolute atomic E-state index is 0.00888. The molecule has 2 amide bonds. The van der Waals surface area contributed by atoms with Gasteiger partial charge in [0.2, 0.25) is 0 Å². The van der Waals surface area contributed by atoms with E-state index in [-0.39, 0.29) is 48.1 Å². The Hall–Kier alpha value is -3.69. The molecule has 42 heavy (non-hydrogen) atoms. The highest BCUT2D eigenvalue weighted by Crippen LogP contribution is 2.29. The van der Waals surface area contributed by atoms with E-state index in [1.165, 1.54) is 41.7 Å². The zero-order valence-electron chi connectivity index (χ0n) is 24.6. The van der Waals surface area contributed by atoms with E-state index in [9.17, 15) is 23.5 Å². The first kappa shape index (κ1) is 31.3. The van der Waals surface area contributed by atoms with Crippen LogP contribution in [0.5, 0.6) is 0 Å². The van der Waals surface area contributed by atoms with Crippen LogP contribution in [-0.4, -0.2) is 57.6 Å². The molecule has 7 nitrogen and oxygen atoms in total. The molecule has 1 aliphatic rings. The number of hydrogen-bond acceptors (Lipinski definition) is 5. The number of nitrogens with one attached hydrogen (secondary N) is 2. The van der Waals surface area contributed by atoms with Gasteiger partial charge in [0, 0.05) is 43.1 Å². The van der Waals surface area contributed by atoms with E-state index >= 15 is 0 Å². The van der Waals surface area contributed by atoms with Gasteiger partial charge in [0.1, 0.15) is 11.6 Å². The zero-order chi connectivity index (χ0) is 30.4. The first-order valence-corrected chi connectivity index (χ1v) is 14.6. The van der Waals surface area contributed by atoms with Gasteiger partial charge in [-0.15, -0.1) is 0 Å². The average Bonchev–Trinajstić information content (AvgIpc) is 2.94. The van der Waals surface area contributed by atoms with E-state index in [0.29, 0.717) is 5.56 Å². The van der Waals surface area contributed by atoms with Gasteiger partial charge in [-0.25, -0.2) is 8.78 Å². The molecule has 4 rings (SSSR count). The first-order valence-electron chi connectivity index (χ1n) is 14.6. The monoisotopic (exact) mass is 578 g/mol. The van der Waals surface area contributed by atoms with Crippen molar-refractivity contribution in [1.29, 1.82) is 0 Å². The van der Waals surface area contributed by atoms with Gasteiger partial charge in [-0.2, -0.15) is 0 Å². The van der Waals surface area contributed by atoms with E-state index in [1.54, 1.807) is 4.90 Å². The molecule has 1 aliphatic carbocycles. The van der Waals surface area contributed by atoms with Gasteiger partial charge < -0.3 is 20.6 Å². The molecule has 0 aliphatic heterocycles. The van der Waals surface area contributed by atoms with E-state index < -0.39 is 29.7 Å². The molecule has 3 aromatic rings. The third-order valence-corrected chi connectivity index (χ3v) is 7.70. The van der Waals surface area contributed by atoms with Crippen molar-refractivity contribution in [1.82, 2.24) is 20.5 Å². The number of aromatic nitrogens is 1. The van der Waals surface area contributed by atoms with Gasteiger partial charge in [0.05, 0.1) is 23.3 Å². The minimum atomic E-state index is -1.08. The number of nitrogens with zero attached hydrogens (tertiary/aromatic N) is 2. The summed E-state index contributed by atoms with van der Waals surface area (Å²) in [6.45, 7) is 7.83. The second-order valence-corrected chi connectivity index (χ2v) is 11.5. The zero-order valence-corrected chi connectivity index (χ0v) is 24.6. The summed E-state index contributed by atoms with van der Waals surface area (Å²) in [6, 6.07) is 11.9. The summed E-state index contributed by atoms with van der Waals surface area (Å²) < 4.78 is 28.0. The fourth-order valence-corrected chi connectivity index (χ4v) is 5.78. The van der Waals surface area contributed by atoms with Crippen LogP contribution in [0.25, 0.3) is 0 Å². The highest BCUT2D eigenvalue weighted by Gasteiger charge is 2.27. The van der Waals surface area contributed by atoms with Crippen LogP contribution in [0.1, 0.15) is 84.0 Å². The molecule has 2 aromatic carbocycles. The predicted octanol–water partition coefficient (Wildman–Crippen LogP) is 4.99. The van der Waals surface area contributed by atoms with Gasteiger partial charge in [-0.1, -0.05) is 24.3 Å². The Morgan fingerprint density at radius 2 is 1.67 bits per heavy atom. The summed E-state index contributed by atoms with van der Waals surface area (Å²) >= 11 is 0. The fourth-order valence-electron chi connectivity index (χ4n) is 5.78. The van der Waals surface area contributed by atoms with Crippen molar-refractivity contribution in [3.05, 3.63) is 100 Å². The molecule has 3 N–H and O–H groups in total. The lowest BCUT2D eigenvalue weighted by atomic mass is 9.87. The van der Waals surface area contributed by atoms with Crippen LogP contribution in [0, 0.1) is 11.6 Å². The van der Waals surface area contributed by atoms with E-state index in [0.717, 1.165) is 25.3 Å². The molecule has 224 valence electrons. The predicted molar refractivity (Wildman–Crippen MR) is 158 cm³/mol. The summed E-state index contributed by atoms with van der Waals surface area (Å²) in [4.78, 5) is 32.4. The molecule has 1 aromatic heterocycles. The highest BCUT2D eigenvalue weighted by atomic mass is 19.1. The van der Waals surface area contributed by atoms with Crippen molar-refractivity contribution in [2.24, 2.45) is 0 Å². The Labute approximate surface area is 246 Å². The highest BCUT2D eigenvalue weighted by molar-refractivity contribution is 5.99. The van der Waals surface area contributed by atoms with Gasteiger partial charge in [0.15, 0.2) is 0 Å². The average molecular weight is 579 g/mol. The van der Waals surface area contributed by atoms with Crippen LogP contribution >= 0.6 is 0 Å². The number of fused-ring (bicyclic) bond motifs is 1. The molecule has 0 saturated carbocycles. The fraction of sp³-hybridized carbons (Fsp3) is 0.424. The lowest BCUT2D eigenvalue weighted by Crippen LogP contribution is -2.49. The third-order valence-electron chi connectivity index (χ3n) is 7.70. The number of hydrogen-bond donors (Lipinski definition) is 3. The number of halogens is 2. The van der Waals surface area contributed by atoms with Crippen molar-refractivity contribution in [2.75, 3.05) is 6.54 Å². The van der Waals surface area contributed by atoms with Crippen molar-refractivity contribution in [3.8, 4) is 0 Å². The molecule has 1 heterocycles. The quantitative estimate of drug-likeness (QED) is 0.298. The maximum Gasteiger partial charge on any atom is 0.255 e. The minimum Gasteiger partial charge on any atom is -0.390 e. The number of rotatable bonds is 11. The number of aryl methyl sites for hydroxylation is 1. The van der Waals surface area contributed by atoms with E-state index in [2.05, 4.69) is 27.8 Å². The van der Waals surface area contributed by atoms with Gasteiger partial charge >= 0.3 is 0 Å². The molecule has 0 fully saturated rings. The standard InChI is InChI=1S/C33H40F2N4O3/c1-20(2)39(21(3)4)33(42)25-15-24(17-36-18-25)32(41)38-30(14-22-12-26(34)16-27(35)13-22)31(40)19-37-29-11-7-9-23-8-5-6-10-28(23)29/h5-6,8,10,12-13,15-18,20-21,29-31,37,40H,7,9,11,14,19H2,1-4H3,(H,38,41)/t29?,30-,31+/m0/s1. The van der Waals surface area contributed by atoms with Crippen LogP contribution in [0.15, 0.2) is 60.9 Å². The van der Waals surface area contributed by atoms with Crippen LogP contribution in [0.3, 0.4) is 0 Å². The van der Waals surface area contributed by atoms with Crippen LogP contribution in [0.2, 0.25) is 0 Å². The van der Waals surface area contributed by atoms with Crippen LogP contribution in [0.4, 0.5) is 8.78 Å². The Bertz CT molecular complexity index is 1370. The summed E-state index contributed by atoms with van der Waals surface area (Å²) in [5, 5.41) is 17.5. The van der Waals surface area contributed by atoms with Gasteiger partial charge in [0.25, 0.3) is 11.8 Å². The van der Waals surface area contributed by atoms with E-state index in [1.807, 2.05) is 39.8 Å². The summed E-state index contributed by atoms with van der Waals surface area (Å²) in [6.07, 6.45) is 4.61. The van der Waals surface area contributed by atoms with Crippen molar-refractivity contribution >= 4 is 11.8 Å². The van der Waals surface area contributed by atoms with E-state index in [4.69, 9.17) is 0 Å². The topological polar surface area (TPSA) is 94.6 Å². The normalized spacial score (nSPS) is 16.2. The van der Waals surface area contributed by atoms with Crippen LogP contribution in [-0.2, 0) is 12.8 Å². The molecule has 3 atom stereocenters. The van der Waals surface area contributed by atoms with Crippen molar-refractivity contribution in [2.45, 2.75) is 83.6 Å². The first-order chi connectivity index (χ1) is 20.0. The SMILES string of the molecule is CC(C)N(C(=O)c1cncc(C(=O)N[C@@H](Cc2cc(F)cc(F)c2)[C@H](O)CNC2CCCc3ccccc32)c1)C(C)C. The van der Waals surface area contributed by atoms with Gasteiger partial charge in [-0.05, 0) is 88.3 Å². The lowest BCUT2D eigenvalue weighted by Gasteiger charge is -2.31. The van der Waals surface area contributed by atoms with Crippen molar-refractivity contribution in [3.63, 3.8) is 0 Å². The molecule has 9 heteroatoms.